The van der Waals surface area contributed by atoms with Crippen molar-refractivity contribution in [2.24, 2.45) is 0 Å². The summed E-state index contributed by atoms with van der Waals surface area (Å²) in [6.07, 6.45) is 7.99. The molecule has 0 fully saturated rings. The zero-order valence-corrected chi connectivity index (χ0v) is 12.8. The molecule has 0 bridgehead atoms. The van der Waals surface area contributed by atoms with Crippen LogP contribution in [-0.4, -0.2) is 45.0 Å². The highest BCUT2D eigenvalue weighted by Gasteiger charge is 2.05. The van der Waals surface area contributed by atoms with Gasteiger partial charge in [-0.3, -0.25) is 0 Å². The van der Waals surface area contributed by atoms with Gasteiger partial charge in [-0.1, -0.05) is 19.8 Å². The van der Waals surface area contributed by atoms with Crippen molar-refractivity contribution in [3.8, 4) is 0 Å². The van der Waals surface area contributed by atoms with Gasteiger partial charge in [0.15, 0.2) is 0 Å². The van der Waals surface area contributed by atoms with Crippen LogP contribution in [0.4, 0.5) is 0 Å². The number of sulfone groups is 1. The SMILES string of the molecule is CCS(=O)(=O)CCCNCCCCCCSC. The number of nitrogens with one attached hydrogen (secondary N) is 1. The van der Waals surface area contributed by atoms with Crippen LogP contribution in [0.3, 0.4) is 0 Å². The minimum absolute atomic E-state index is 0.266. The van der Waals surface area contributed by atoms with Crippen LogP contribution in [-0.2, 0) is 9.84 Å². The van der Waals surface area contributed by atoms with Crippen LogP contribution in [0, 0.1) is 0 Å². The van der Waals surface area contributed by atoms with E-state index in [1.54, 1.807) is 6.92 Å². The smallest absolute Gasteiger partial charge is 0.150 e. The van der Waals surface area contributed by atoms with E-state index in [0.29, 0.717) is 5.75 Å². The molecule has 0 aromatic rings. The highest BCUT2D eigenvalue weighted by Crippen LogP contribution is 2.03. The van der Waals surface area contributed by atoms with E-state index >= 15 is 0 Å². The van der Waals surface area contributed by atoms with Crippen molar-refractivity contribution in [2.75, 3.05) is 36.6 Å². The van der Waals surface area contributed by atoms with Crippen molar-refractivity contribution in [1.82, 2.24) is 5.32 Å². The molecule has 0 aromatic carbocycles. The van der Waals surface area contributed by atoms with Crippen LogP contribution in [0.5, 0.6) is 0 Å². The first-order chi connectivity index (χ1) is 8.12. The van der Waals surface area contributed by atoms with Gasteiger partial charge in [0, 0.05) is 5.75 Å². The monoisotopic (exact) mass is 281 g/mol. The minimum atomic E-state index is -2.77. The average Bonchev–Trinajstić information content (AvgIpc) is 2.31. The second kappa shape index (κ2) is 11.4. The van der Waals surface area contributed by atoms with Crippen LogP contribution < -0.4 is 5.32 Å². The summed E-state index contributed by atoms with van der Waals surface area (Å²) in [5.41, 5.74) is 0. The van der Waals surface area contributed by atoms with Gasteiger partial charge in [-0.25, -0.2) is 8.42 Å². The molecule has 5 heteroatoms. The Kier molecular flexibility index (Phi) is 11.5. The van der Waals surface area contributed by atoms with Gasteiger partial charge in [-0.15, -0.1) is 0 Å². The van der Waals surface area contributed by atoms with Gasteiger partial charge in [0.1, 0.15) is 9.84 Å². The third kappa shape index (κ3) is 12.5. The quantitative estimate of drug-likeness (QED) is 0.558. The van der Waals surface area contributed by atoms with E-state index < -0.39 is 9.84 Å². The van der Waals surface area contributed by atoms with Crippen LogP contribution in [0.1, 0.15) is 39.0 Å². The van der Waals surface area contributed by atoms with Crippen molar-refractivity contribution in [3.05, 3.63) is 0 Å². The molecule has 17 heavy (non-hydrogen) atoms. The fraction of sp³-hybridized carbons (Fsp3) is 1.00. The number of rotatable bonds is 12. The van der Waals surface area contributed by atoms with Gasteiger partial charge < -0.3 is 5.32 Å². The zero-order chi connectivity index (χ0) is 13.0. The molecule has 0 aliphatic rings. The number of thioether (sulfide) groups is 1. The molecule has 0 aliphatic heterocycles. The lowest BCUT2D eigenvalue weighted by Gasteiger charge is -2.04. The molecule has 0 rings (SSSR count). The van der Waals surface area contributed by atoms with Crippen LogP contribution in [0.25, 0.3) is 0 Å². The van der Waals surface area contributed by atoms with Gasteiger partial charge in [0.2, 0.25) is 0 Å². The Labute approximate surface area is 111 Å². The first-order valence-electron chi connectivity index (χ1n) is 6.52. The lowest BCUT2D eigenvalue weighted by Crippen LogP contribution is -2.20. The van der Waals surface area contributed by atoms with Crippen LogP contribution >= 0.6 is 11.8 Å². The third-order valence-electron chi connectivity index (χ3n) is 2.70. The molecule has 0 saturated carbocycles. The Morgan fingerprint density at radius 1 is 1.00 bits per heavy atom. The van der Waals surface area contributed by atoms with E-state index in [1.807, 2.05) is 11.8 Å². The molecule has 0 amide bonds. The standard InChI is InChI=1S/C12H27NO2S2/c1-3-17(14,15)12-8-10-13-9-6-4-5-7-11-16-2/h13H,3-12H2,1-2H3. The van der Waals surface area contributed by atoms with E-state index in [9.17, 15) is 8.42 Å². The molecule has 0 saturated heterocycles. The maximum atomic E-state index is 11.2. The van der Waals surface area contributed by atoms with Gasteiger partial charge in [-0.2, -0.15) is 11.8 Å². The maximum Gasteiger partial charge on any atom is 0.150 e. The summed E-state index contributed by atoms with van der Waals surface area (Å²) in [4.78, 5) is 0. The molecule has 0 aliphatic carbocycles. The minimum Gasteiger partial charge on any atom is -0.317 e. The number of unbranched alkanes of at least 4 members (excludes halogenated alkanes) is 3. The van der Waals surface area contributed by atoms with E-state index in [-0.39, 0.29) is 5.75 Å². The van der Waals surface area contributed by atoms with Crippen molar-refractivity contribution in [1.29, 1.82) is 0 Å². The summed E-state index contributed by atoms with van der Waals surface area (Å²) in [7, 11) is -2.77. The van der Waals surface area contributed by atoms with E-state index in [0.717, 1.165) is 19.5 Å². The van der Waals surface area contributed by atoms with Gasteiger partial charge >= 0.3 is 0 Å². The first kappa shape index (κ1) is 17.3. The molecular weight excluding hydrogens is 254 g/mol. The molecular formula is C12H27NO2S2. The van der Waals surface area contributed by atoms with Crippen molar-refractivity contribution >= 4 is 21.6 Å². The summed E-state index contributed by atoms with van der Waals surface area (Å²) in [5.74, 6) is 1.86. The molecule has 0 unspecified atom stereocenters. The summed E-state index contributed by atoms with van der Waals surface area (Å²) >= 11 is 1.91. The molecule has 104 valence electrons. The molecule has 0 heterocycles. The average molecular weight is 281 g/mol. The Bertz CT molecular complexity index is 253. The number of hydrogen-bond donors (Lipinski definition) is 1. The number of hydrogen-bond acceptors (Lipinski definition) is 4. The summed E-state index contributed by atoms with van der Waals surface area (Å²) in [6.45, 7) is 3.55. The lowest BCUT2D eigenvalue weighted by atomic mass is 10.2. The van der Waals surface area contributed by atoms with Gasteiger partial charge in [0.05, 0.1) is 5.75 Å². The normalized spacial score (nSPS) is 11.9. The molecule has 0 aromatic heterocycles. The molecule has 3 nitrogen and oxygen atoms in total. The van der Waals surface area contributed by atoms with Crippen molar-refractivity contribution in [2.45, 2.75) is 39.0 Å². The van der Waals surface area contributed by atoms with Crippen molar-refractivity contribution in [3.63, 3.8) is 0 Å². The predicted octanol–water partition coefficient (Wildman–Crippen LogP) is 2.32. The molecule has 0 spiro atoms. The summed E-state index contributed by atoms with van der Waals surface area (Å²) in [5, 5.41) is 3.30. The van der Waals surface area contributed by atoms with Gasteiger partial charge in [-0.05, 0) is 44.4 Å². The Hall–Kier alpha value is 0.260. The Morgan fingerprint density at radius 2 is 1.65 bits per heavy atom. The fourth-order valence-corrected chi connectivity index (χ4v) is 2.90. The second-order valence-corrected chi connectivity index (χ2v) is 7.71. The van der Waals surface area contributed by atoms with E-state index in [2.05, 4.69) is 11.6 Å². The summed E-state index contributed by atoms with van der Waals surface area (Å²) < 4.78 is 22.4. The maximum absolute atomic E-state index is 11.2. The molecule has 1 N–H and O–H groups in total. The third-order valence-corrected chi connectivity index (χ3v) is 5.19. The Morgan fingerprint density at radius 3 is 2.29 bits per heavy atom. The second-order valence-electron chi connectivity index (χ2n) is 4.25. The topological polar surface area (TPSA) is 46.2 Å². The van der Waals surface area contributed by atoms with Crippen molar-refractivity contribution < 1.29 is 8.42 Å². The molecule has 0 radical (unpaired) electrons. The lowest BCUT2D eigenvalue weighted by molar-refractivity contribution is 0.579. The summed E-state index contributed by atoms with van der Waals surface area (Å²) in [6, 6.07) is 0. The van der Waals surface area contributed by atoms with E-state index in [1.165, 1.54) is 31.4 Å². The Balaban J connectivity index is 3.14. The highest BCUT2D eigenvalue weighted by molar-refractivity contribution is 7.98. The molecule has 0 atom stereocenters. The highest BCUT2D eigenvalue weighted by atomic mass is 32.2. The first-order valence-corrected chi connectivity index (χ1v) is 9.74. The fourth-order valence-electron chi connectivity index (χ4n) is 1.54. The van der Waals surface area contributed by atoms with E-state index in [4.69, 9.17) is 0 Å². The zero-order valence-electron chi connectivity index (χ0n) is 11.2. The van der Waals surface area contributed by atoms with Crippen LogP contribution in [0.2, 0.25) is 0 Å². The predicted molar refractivity (Wildman–Crippen MR) is 78.7 cm³/mol. The van der Waals surface area contributed by atoms with Gasteiger partial charge in [0.25, 0.3) is 0 Å². The largest absolute Gasteiger partial charge is 0.317 e. The van der Waals surface area contributed by atoms with Crippen LogP contribution in [0.15, 0.2) is 0 Å².